The molecule has 5 heteroatoms. The van der Waals surface area contributed by atoms with E-state index >= 15 is 0 Å². The monoisotopic (exact) mass is 281 g/mol. The molecule has 0 aromatic carbocycles. The highest BCUT2D eigenvalue weighted by Crippen LogP contribution is 2.15. The van der Waals surface area contributed by atoms with Crippen LogP contribution < -0.4 is 5.32 Å². The normalized spacial score (nSPS) is 16.5. The number of aromatic nitrogens is 1. The lowest BCUT2D eigenvalue weighted by atomic mass is 10.0. The molecular weight excluding hydrogens is 258 g/mol. The minimum atomic E-state index is 0.235. The van der Waals surface area contributed by atoms with Crippen LogP contribution in [0.3, 0.4) is 0 Å². The molecule has 1 amide bonds. The van der Waals surface area contributed by atoms with Gasteiger partial charge in [-0.2, -0.15) is 0 Å². The molecule has 0 atom stereocenters. The Hall–Kier alpha value is -0.940. The quantitative estimate of drug-likeness (QED) is 0.897. The van der Waals surface area contributed by atoms with Crippen molar-refractivity contribution in [2.24, 2.45) is 0 Å². The second kappa shape index (κ2) is 7.01. The second-order valence-corrected chi connectivity index (χ2v) is 6.17. The predicted molar refractivity (Wildman–Crippen MR) is 78.5 cm³/mol. The van der Waals surface area contributed by atoms with Gasteiger partial charge in [0.1, 0.15) is 0 Å². The molecular formula is C14H23N3OS. The number of piperidine rings is 1. The van der Waals surface area contributed by atoms with Gasteiger partial charge in [0.25, 0.3) is 0 Å². The van der Waals surface area contributed by atoms with E-state index in [4.69, 9.17) is 0 Å². The number of carbonyl (C=O) groups is 1. The number of carbonyl (C=O) groups excluding carboxylic acids is 1. The highest BCUT2D eigenvalue weighted by atomic mass is 32.1. The summed E-state index contributed by atoms with van der Waals surface area (Å²) < 4.78 is 0. The van der Waals surface area contributed by atoms with Gasteiger partial charge < -0.3 is 10.2 Å². The summed E-state index contributed by atoms with van der Waals surface area (Å²) >= 11 is 1.62. The third-order valence-electron chi connectivity index (χ3n) is 3.53. The molecule has 0 radical (unpaired) electrons. The van der Waals surface area contributed by atoms with Gasteiger partial charge in [0.05, 0.1) is 17.1 Å². The van der Waals surface area contributed by atoms with E-state index in [9.17, 15) is 4.79 Å². The number of aryl methyl sites for hydroxylation is 1. The van der Waals surface area contributed by atoms with E-state index in [0.29, 0.717) is 12.5 Å². The summed E-state index contributed by atoms with van der Waals surface area (Å²) in [6, 6.07) is 0.411. The van der Waals surface area contributed by atoms with Gasteiger partial charge in [-0.1, -0.05) is 6.92 Å². The number of nitrogens with zero attached hydrogens (tertiary/aromatic N) is 2. The standard InChI is InChI=1S/C14H23N3OS/c1-3-8-17(13-4-6-15-7-5-13)14(18)9-12-10-19-11(2)16-12/h10,13,15H,3-9H2,1-2H3. The lowest BCUT2D eigenvalue weighted by Crippen LogP contribution is -2.47. The van der Waals surface area contributed by atoms with E-state index < -0.39 is 0 Å². The van der Waals surface area contributed by atoms with Crippen molar-refractivity contribution in [1.82, 2.24) is 15.2 Å². The molecule has 2 heterocycles. The van der Waals surface area contributed by atoms with E-state index in [1.165, 1.54) is 0 Å². The number of rotatable bonds is 5. The molecule has 1 fully saturated rings. The molecule has 0 aliphatic carbocycles. The number of hydrogen-bond donors (Lipinski definition) is 1. The summed E-state index contributed by atoms with van der Waals surface area (Å²) in [6.45, 7) is 7.03. The van der Waals surface area contributed by atoms with Gasteiger partial charge in [0.15, 0.2) is 0 Å². The summed E-state index contributed by atoms with van der Waals surface area (Å²) in [5.41, 5.74) is 0.919. The fourth-order valence-corrected chi connectivity index (χ4v) is 3.23. The van der Waals surface area contributed by atoms with Gasteiger partial charge in [-0.25, -0.2) is 4.98 Å². The van der Waals surface area contributed by atoms with Crippen molar-refractivity contribution in [2.75, 3.05) is 19.6 Å². The van der Waals surface area contributed by atoms with Crippen molar-refractivity contribution in [3.8, 4) is 0 Å². The molecule has 1 aliphatic rings. The first kappa shape index (κ1) is 14.5. The molecule has 1 aliphatic heterocycles. The molecule has 19 heavy (non-hydrogen) atoms. The van der Waals surface area contributed by atoms with Crippen LogP contribution in [0.25, 0.3) is 0 Å². The number of thiazole rings is 1. The maximum Gasteiger partial charge on any atom is 0.228 e. The van der Waals surface area contributed by atoms with E-state index in [2.05, 4.69) is 22.1 Å². The van der Waals surface area contributed by atoms with Crippen LogP contribution in [0.15, 0.2) is 5.38 Å². The first-order valence-corrected chi connectivity index (χ1v) is 8.00. The first-order chi connectivity index (χ1) is 9.20. The fourth-order valence-electron chi connectivity index (χ4n) is 2.62. The lowest BCUT2D eigenvalue weighted by Gasteiger charge is -2.34. The zero-order valence-corrected chi connectivity index (χ0v) is 12.6. The zero-order valence-electron chi connectivity index (χ0n) is 11.8. The number of nitrogens with one attached hydrogen (secondary N) is 1. The van der Waals surface area contributed by atoms with Gasteiger partial charge in [-0.05, 0) is 39.3 Å². The van der Waals surface area contributed by atoms with Crippen LogP contribution in [-0.2, 0) is 11.2 Å². The lowest BCUT2D eigenvalue weighted by molar-refractivity contribution is -0.133. The van der Waals surface area contributed by atoms with Crippen molar-refractivity contribution in [3.05, 3.63) is 16.1 Å². The van der Waals surface area contributed by atoms with E-state index in [1.54, 1.807) is 11.3 Å². The smallest absolute Gasteiger partial charge is 0.228 e. The molecule has 2 rings (SSSR count). The largest absolute Gasteiger partial charge is 0.339 e. The Morgan fingerprint density at radius 1 is 1.53 bits per heavy atom. The van der Waals surface area contributed by atoms with Crippen LogP contribution in [0.4, 0.5) is 0 Å². The maximum atomic E-state index is 12.5. The Balaban J connectivity index is 1.98. The Bertz CT molecular complexity index is 413. The van der Waals surface area contributed by atoms with Crippen molar-refractivity contribution >= 4 is 17.2 Å². The minimum Gasteiger partial charge on any atom is -0.339 e. The van der Waals surface area contributed by atoms with Gasteiger partial charge in [0, 0.05) is 18.0 Å². The molecule has 1 saturated heterocycles. The third-order valence-corrected chi connectivity index (χ3v) is 4.36. The number of amides is 1. The van der Waals surface area contributed by atoms with Crippen LogP contribution in [-0.4, -0.2) is 41.5 Å². The Morgan fingerprint density at radius 2 is 2.26 bits per heavy atom. The SMILES string of the molecule is CCCN(C(=O)Cc1csc(C)n1)C1CCNCC1. The van der Waals surface area contributed by atoms with Gasteiger partial charge in [-0.15, -0.1) is 11.3 Å². The Labute approximate surface area is 119 Å². The summed E-state index contributed by atoms with van der Waals surface area (Å²) in [5, 5.41) is 6.39. The molecule has 0 spiro atoms. The average molecular weight is 281 g/mol. The van der Waals surface area contributed by atoms with Crippen LogP contribution in [0.1, 0.15) is 36.9 Å². The molecule has 4 nitrogen and oxygen atoms in total. The minimum absolute atomic E-state index is 0.235. The summed E-state index contributed by atoms with van der Waals surface area (Å²) in [6.07, 6.45) is 3.61. The van der Waals surface area contributed by atoms with Crippen LogP contribution >= 0.6 is 11.3 Å². The third kappa shape index (κ3) is 4.01. The predicted octanol–water partition coefficient (Wildman–Crippen LogP) is 1.98. The van der Waals surface area contributed by atoms with Crippen molar-refractivity contribution in [1.29, 1.82) is 0 Å². The van der Waals surface area contributed by atoms with E-state index in [-0.39, 0.29) is 5.91 Å². The fraction of sp³-hybridized carbons (Fsp3) is 0.714. The van der Waals surface area contributed by atoms with Gasteiger partial charge >= 0.3 is 0 Å². The Morgan fingerprint density at radius 3 is 2.84 bits per heavy atom. The van der Waals surface area contributed by atoms with E-state index in [1.807, 2.05) is 12.3 Å². The molecule has 1 aromatic rings. The maximum absolute atomic E-state index is 12.5. The van der Waals surface area contributed by atoms with Gasteiger partial charge in [0.2, 0.25) is 5.91 Å². The average Bonchev–Trinajstić information content (AvgIpc) is 2.82. The highest BCUT2D eigenvalue weighted by molar-refractivity contribution is 7.09. The van der Waals surface area contributed by atoms with E-state index in [0.717, 1.165) is 49.6 Å². The summed E-state index contributed by atoms with van der Waals surface area (Å²) in [4.78, 5) is 19.0. The van der Waals surface area contributed by atoms with Gasteiger partial charge in [-0.3, -0.25) is 4.79 Å². The molecule has 106 valence electrons. The first-order valence-electron chi connectivity index (χ1n) is 7.12. The second-order valence-electron chi connectivity index (χ2n) is 5.10. The Kier molecular flexibility index (Phi) is 5.34. The van der Waals surface area contributed by atoms with Crippen molar-refractivity contribution in [2.45, 2.75) is 45.6 Å². The van der Waals surface area contributed by atoms with Crippen LogP contribution in [0.5, 0.6) is 0 Å². The topological polar surface area (TPSA) is 45.2 Å². The summed E-state index contributed by atoms with van der Waals surface area (Å²) in [7, 11) is 0. The molecule has 0 saturated carbocycles. The molecule has 1 N–H and O–H groups in total. The molecule has 0 unspecified atom stereocenters. The van der Waals surface area contributed by atoms with Crippen molar-refractivity contribution < 1.29 is 4.79 Å². The number of hydrogen-bond acceptors (Lipinski definition) is 4. The molecule has 1 aromatic heterocycles. The highest BCUT2D eigenvalue weighted by Gasteiger charge is 2.24. The zero-order chi connectivity index (χ0) is 13.7. The van der Waals surface area contributed by atoms with Crippen LogP contribution in [0.2, 0.25) is 0 Å². The van der Waals surface area contributed by atoms with Crippen LogP contribution in [0, 0.1) is 6.92 Å². The van der Waals surface area contributed by atoms with Crippen molar-refractivity contribution in [3.63, 3.8) is 0 Å². The molecule has 0 bridgehead atoms. The summed E-state index contributed by atoms with van der Waals surface area (Å²) in [5.74, 6) is 0.235.